The SMILES string of the molecule is CNCc1ccc(N2CCCSCC2)c(Cl)c1. The number of halogens is 1. The number of nitrogens with zero attached hydrogens (tertiary/aromatic N) is 1. The lowest BCUT2D eigenvalue weighted by molar-refractivity contribution is 0.807. The first-order valence-corrected chi connectivity index (χ1v) is 7.60. The summed E-state index contributed by atoms with van der Waals surface area (Å²) in [4.78, 5) is 2.41. The predicted octanol–water partition coefficient (Wildman–Crippen LogP) is 3.00. The average Bonchev–Trinajstić information content (AvgIpc) is 2.58. The summed E-state index contributed by atoms with van der Waals surface area (Å²) in [6, 6.07) is 6.40. The average molecular weight is 271 g/mol. The monoisotopic (exact) mass is 270 g/mol. The van der Waals surface area contributed by atoms with Gasteiger partial charge in [-0.1, -0.05) is 17.7 Å². The number of rotatable bonds is 3. The van der Waals surface area contributed by atoms with Crippen molar-refractivity contribution in [3.8, 4) is 0 Å². The first-order chi connectivity index (χ1) is 8.31. The fourth-order valence-corrected chi connectivity index (χ4v) is 3.32. The van der Waals surface area contributed by atoms with Crippen LogP contribution in [0.5, 0.6) is 0 Å². The van der Waals surface area contributed by atoms with E-state index in [2.05, 4.69) is 28.4 Å². The van der Waals surface area contributed by atoms with E-state index in [-0.39, 0.29) is 0 Å². The number of hydrogen-bond acceptors (Lipinski definition) is 3. The first-order valence-electron chi connectivity index (χ1n) is 6.07. The summed E-state index contributed by atoms with van der Waals surface area (Å²) in [5.74, 6) is 2.47. The predicted molar refractivity (Wildman–Crippen MR) is 78.4 cm³/mol. The van der Waals surface area contributed by atoms with Crippen molar-refractivity contribution in [2.75, 3.05) is 36.5 Å². The number of hydrogen-bond donors (Lipinski definition) is 1. The van der Waals surface area contributed by atoms with Gasteiger partial charge in [0.25, 0.3) is 0 Å². The molecule has 0 bridgehead atoms. The van der Waals surface area contributed by atoms with Crippen molar-refractivity contribution in [1.82, 2.24) is 5.32 Å². The molecule has 1 heterocycles. The lowest BCUT2D eigenvalue weighted by Gasteiger charge is -2.23. The topological polar surface area (TPSA) is 15.3 Å². The van der Waals surface area contributed by atoms with Crippen molar-refractivity contribution in [2.45, 2.75) is 13.0 Å². The quantitative estimate of drug-likeness (QED) is 0.909. The highest BCUT2D eigenvalue weighted by atomic mass is 35.5. The Morgan fingerprint density at radius 3 is 3.00 bits per heavy atom. The highest BCUT2D eigenvalue weighted by Crippen LogP contribution is 2.28. The number of anilines is 1. The zero-order valence-corrected chi connectivity index (χ0v) is 11.8. The summed E-state index contributed by atoms with van der Waals surface area (Å²) >= 11 is 8.41. The summed E-state index contributed by atoms with van der Waals surface area (Å²) in [6.07, 6.45) is 1.25. The molecule has 4 heteroatoms. The highest BCUT2D eigenvalue weighted by Gasteiger charge is 2.13. The third-order valence-corrected chi connectivity index (χ3v) is 4.31. The van der Waals surface area contributed by atoms with Gasteiger partial charge in [-0.25, -0.2) is 0 Å². The van der Waals surface area contributed by atoms with Crippen LogP contribution in [0.1, 0.15) is 12.0 Å². The van der Waals surface area contributed by atoms with Crippen molar-refractivity contribution < 1.29 is 0 Å². The van der Waals surface area contributed by atoms with E-state index < -0.39 is 0 Å². The summed E-state index contributed by atoms with van der Waals surface area (Å²) in [7, 11) is 1.95. The molecule has 0 aromatic heterocycles. The molecule has 1 aromatic rings. The van der Waals surface area contributed by atoms with Gasteiger partial charge in [0.15, 0.2) is 0 Å². The van der Waals surface area contributed by atoms with Crippen molar-refractivity contribution in [1.29, 1.82) is 0 Å². The van der Waals surface area contributed by atoms with Crippen molar-refractivity contribution in [2.24, 2.45) is 0 Å². The molecular weight excluding hydrogens is 252 g/mol. The molecule has 0 saturated carbocycles. The van der Waals surface area contributed by atoms with Crippen molar-refractivity contribution in [3.05, 3.63) is 28.8 Å². The van der Waals surface area contributed by atoms with Crippen LogP contribution in [0.15, 0.2) is 18.2 Å². The van der Waals surface area contributed by atoms with E-state index in [1.165, 1.54) is 29.2 Å². The van der Waals surface area contributed by atoms with Gasteiger partial charge < -0.3 is 10.2 Å². The minimum absolute atomic E-state index is 0.871. The molecule has 0 atom stereocenters. The standard InChI is InChI=1S/C13H19ClN2S/c1-15-10-11-3-4-13(12(14)9-11)16-5-2-7-17-8-6-16/h3-4,9,15H,2,5-8,10H2,1H3. The molecule has 1 aromatic carbocycles. The molecular formula is C13H19ClN2S. The molecule has 1 fully saturated rings. The van der Waals surface area contributed by atoms with Gasteiger partial charge >= 0.3 is 0 Å². The van der Waals surface area contributed by atoms with E-state index in [1.807, 2.05) is 18.8 Å². The summed E-state index contributed by atoms with van der Waals surface area (Å²) in [5.41, 5.74) is 2.43. The molecule has 0 spiro atoms. The maximum Gasteiger partial charge on any atom is 0.0642 e. The molecule has 0 unspecified atom stereocenters. The Bertz CT molecular complexity index is 362. The first kappa shape index (κ1) is 13.1. The zero-order valence-electron chi connectivity index (χ0n) is 10.2. The number of benzene rings is 1. The third kappa shape index (κ3) is 3.54. The maximum absolute atomic E-state index is 6.38. The van der Waals surface area contributed by atoms with Crippen molar-refractivity contribution in [3.63, 3.8) is 0 Å². The van der Waals surface area contributed by atoms with Crippen LogP contribution >= 0.6 is 23.4 Å². The number of thioether (sulfide) groups is 1. The number of nitrogens with one attached hydrogen (secondary N) is 1. The summed E-state index contributed by atoms with van der Waals surface area (Å²) in [6.45, 7) is 3.10. The maximum atomic E-state index is 6.38. The molecule has 1 N–H and O–H groups in total. The second-order valence-corrected chi connectivity index (χ2v) is 5.90. The van der Waals surface area contributed by atoms with Crippen LogP contribution in [0, 0.1) is 0 Å². The van der Waals surface area contributed by atoms with Gasteiger partial charge in [0.2, 0.25) is 0 Å². The van der Waals surface area contributed by atoms with Crippen LogP contribution in [0.4, 0.5) is 5.69 Å². The van der Waals surface area contributed by atoms with Crippen molar-refractivity contribution >= 4 is 29.1 Å². The third-order valence-electron chi connectivity index (χ3n) is 2.96. The van der Waals surface area contributed by atoms with E-state index in [4.69, 9.17) is 11.6 Å². The Morgan fingerprint density at radius 2 is 2.24 bits per heavy atom. The summed E-state index contributed by atoms with van der Waals surface area (Å²) in [5, 5.41) is 4.02. The molecule has 0 radical (unpaired) electrons. The van der Waals surface area contributed by atoms with Crippen LogP contribution in [0.2, 0.25) is 5.02 Å². The van der Waals surface area contributed by atoms with Crippen LogP contribution in [0.3, 0.4) is 0 Å². The normalized spacial score (nSPS) is 16.9. The van der Waals surface area contributed by atoms with Gasteiger partial charge in [-0.2, -0.15) is 11.8 Å². The van der Waals surface area contributed by atoms with E-state index in [0.29, 0.717) is 0 Å². The van der Waals surface area contributed by atoms with E-state index in [0.717, 1.165) is 24.7 Å². The second-order valence-electron chi connectivity index (χ2n) is 4.27. The fourth-order valence-electron chi connectivity index (χ4n) is 2.11. The molecule has 2 nitrogen and oxygen atoms in total. The van der Waals surface area contributed by atoms with Crippen LogP contribution in [-0.4, -0.2) is 31.6 Å². The highest BCUT2D eigenvalue weighted by molar-refractivity contribution is 7.99. The zero-order chi connectivity index (χ0) is 12.1. The van der Waals surface area contributed by atoms with Gasteiger partial charge in [-0.05, 0) is 36.9 Å². The van der Waals surface area contributed by atoms with Crippen LogP contribution in [0.25, 0.3) is 0 Å². The van der Waals surface area contributed by atoms with Gasteiger partial charge in [-0.15, -0.1) is 0 Å². The van der Waals surface area contributed by atoms with Gasteiger partial charge in [0.1, 0.15) is 0 Å². The Labute approximate surface area is 113 Å². The van der Waals surface area contributed by atoms with Crippen LogP contribution in [-0.2, 0) is 6.54 Å². The van der Waals surface area contributed by atoms with Crippen LogP contribution < -0.4 is 10.2 Å². The smallest absolute Gasteiger partial charge is 0.0642 e. The molecule has 1 saturated heterocycles. The molecule has 17 heavy (non-hydrogen) atoms. The Morgan fingerprint density at radius 1 is 1.35 bits per heavy atom. The molecule has 0 amide bonds. The minimum atomic E-state index is 0.871. The molecule has 0 aliphatic carbocycles. The molecule has 1 aliphatic rings. The Kier molecular flexibility index (Phi) is 5.01. The molecule has 94 valence electrons. The molecule has 1 aliphatic heterocycles. The summed E-state index contributed by atoms with van der Waals surface area (Å²) < 4.78 is 0. The fraction of sp³-hybridized carbons (Fsp3) is 0.538. The Balaban J connectivity index is 2.14. The van der Waals surface area contributed by atoms with E-state index in [9.17, 15) is 0 Å². The van der Waals surface area contributed by atoms with E-state index >= 15 is 0 Å². The van der Waals surface area contributed by atoms with Gasteiger partial charge in [0.05, 0.1) is 10.7 Å². The lowest BCUT2D eigenvalue weighted by Crippen LogP contribution is -2.25. The Hall–Kier alpha value is -0.380. The van der Waals surface area contributed by atoms with E-state index in [1.54, 1.807) is 0 Å². The van der Waals surface area contributed by atoms with Gasteiger partial charge in [-0.3, -0.25) is 0 Å². The lowest BCUT2D eigenvalue weighted by atomic mass is 10.2. The largest absolute Gasteiger partial charge is 0.369 e. The molecule has 2 rings (SSSR count). The minimum Gasteiger partial charge on any atom is -0.369 e. The second kappa shape index (κ2) is 6.53. The van der Waals surface area contributed by atoms with Gasteiger partial charge in [0, 0.05) is 25.4 Å².